The van der Waals surface area contributed by atoms with Crippen LogP contribution in [-0.2, 0) is 11.3 Å². The molecule has 1 unspecified atom stereocenters. The Balaban J connectivity index is 1.93. The molecular weight excluding hydrogens is 214 g/mol. The molecule has 1 aromatic heterocycles. The van der Waals surface area contributed by atoms with Crippen molar-refractivity contribution in [2.75, 3.05) is 0 Å². The van der Waals surface area contributed by atoms with Crippen molar-refractivity contribution in [2.24, 2.45) is 5.73 Å². The quantitative estimate of drug-likeness (QED) is 0.828. The van der Waals surface area contributed by atoms with Crippen LogP contribution in [0.25, 0.3) is 0 Å². The highest BCUT2D eigenvalue weighted by Gasteiger charge is 2.25. The van der Waals surface area contributed by atoms with Crippen molar-refractivity contribution in [1.29, 1.82) is 0 Å². The maximum absolute atomic E-state index is 6.19. The Labute approximate surface area is 99.8 Å². The summed E-state index contributed by atoms with van der Waals surface area (Å²) >= 11 is 0. The second-order valence-corrected chi connectivity index (χ2v) is 4.33. The summed E-state index contributed by atoms with van der Waals surface area (Å²) in [4.78, 5) is 7.80. The zero-order chi connectivity index (χ0) is 11.8. The van der Waals surface area contributed by atoms with Crippen LogP contribution < -0.4 is 5.73 Å². The number of nitrogens with zero attached hydrogens (tertiary/aromatic N) is 1. The molecule has 2 atom stereocenters. The SMILES string of the molecule is CC1OCc2[nH]c([C@H](N)c3ccccc3)nc21. The summed E-state index contributed by atoms with van der Waals surface area (Å²) in [6.45, 7) is 2.61. The fourth-order valence-corrected chi connectivity index (χ4v) is 2.14. The second kappa shape index (κ2) is 3.98. The predicted octanol–water partition coefficient (Wildman–Crippen LogP) is 2.05. The number of nitrogens with two attached hydrogens (primary N) is 1. The average Bonchev–Trinajstić information content (AvgIpc) is 2.92. The van der Waals surface area contributed by atoms with Gasteiger partial charge in [-0.05, 0) is 12.5 Å². The summed E-state index contributed by atoms with van der Waals surface area (Å²) in [5.74, 6) is 0.816. The first-order chi connectivity index (χ1) is 8.25. The number of rotatable bonds is 2. The Bertz CT molecular complexity index is 521. The lowest BCUT2D eigenvalue weighted by molar-refractivity contribution is 0.0757. The number of hydrogen-bond acceptors (Lipinski definition) is 3. The molecule has 88 valence electrons. The van der Waals surface area contributed by atoms with Gasteiger partial charge in [-0.3, -0.25) is 0 Å². The molecule has 4 nitrogen and oxygen atoms in total. The van der Waals surface area contributed by atoms with Gasteiger partial charge >= 0.3 is 0 Å². The van der Waals surface area contributed by atoms with Gasteiger partial charge in [-0.1, -0.05) is 30.3 Å². The lowest BCUT2D eigenvalue weighted by Crippen LogP contribution is -2.14. The third-order valence-electron chi connectivity index (χ3n) is 3.15. The Morgan fingerprint density at radius 2 is 2.18 bits per heavy atom. The number of benzene rings is 1. The number of imidazole rings is 1. The molecule has 0 amide bonds. The highest BCUT2D eigenvalue weighted by Crippen LogP contribution is 2.29. The van der Waals surface area contributed by atoms with Gasteiger partial charge in [-0.25, -0.2) is 4.98 Å². The Kier molecular flexibility index (Phi) is 2.46. The summed E-state index contributed by atoms with van der Waals surface area (Å²) in [6.07, 6.45) is 0.0676. The van der Waals surface area contributed by atoms with E-state index in [0.717, 1.165) is 22.8 Å². The average molecular weight is 229 g/mol. The van der Waals surface area contributed by atoms with Crippen LogP contribution in [0.15, 0.2) is 30.3 Å². The summed E-state index contributed by atoms with van der Waals surface area (Å²) in [7, 11) is 0. The molecule has 0 radical (unpaired) electrons. The molecule has 0 saturated heterocycles. The number of ether oxygens (including phenoxy) is 1. The van der Waals surface area contributed by atoms with E-state index in [1.807, 2.05) is 37.3 Å². The molecule has 2 aromatic rings. The van der Waals surface area contributed by atoms with E-state index in [-0.39, 0.29) is 12.1 Å². The van der Waals surface area contributed by atoms with Crippen molar-refractivity contribution >= 4 is 0 Å². The smallest absolute Gasteiger partial charge is 0.128 e. The largest absolute Gasteiger partial charge is 0.366 e. The molecule has 0 spiro atoms. The summed E-state index contributed by atoms with van der Waals surface area (Å²) in [6, 6.07) is 9.77. The van der Waals surface area contributed by atoms with E-state index in [4.69, 9.17) is 10.5 Å². The molecule has 0 fully saturated rings. The second-order valence-electron chi connectivity index (χ2n) is 4.33. The first kappa shape index (κ1) is 10.5. The maximum Gasteiger partial charge on any atom is 0.128 e. The molecule has 17 heavy (non-hydrogen) atoms. The van der Waals surface area contributed by atoms with Gasteiger partial charge in [0, 0.05) is 0 Å². The van der Waals surface area contributed by atoms with E-state index in [1.165, 1.54) is 0 Å². The van der Waals surface area contributed by atoms with Crippen LogP contribution >= 0.6 is 0 Å². The third-order valence-corrected chi connectivity index (χ3v) is 3.15. The molecule has 0 saturated carbocycles. The molecule has 0 bridgehead atoms. The van der Waals surface area contributed by atoms with Gasteiger partial charge in [0.1, 0.15) is 5.82 Å². The lowest BCUT2D eigenvalue weighted by Gasteiger charge is -2.09. The minimum Gasteiger partial charge on any atom is -0.366 e. The topological polar surface area (TPSA) is 63.9 Å². The van der Waals surface area contributed by atoms with Crippen LogP contribution in [0, 0.1) is 0 Å². The van der Waals surface area contributed by atoms with Gasteiger partial charge in [0.25, 0.3) is 0 Å². The molecule has 1 aliphatic heterocycles. The molecular formula is C13H15N3O. The molecule has 2 heterocycles. The van der Waals surface area contributed by atoms with Crippen molar-refractivity contribution in [3.63, 3.8) is 0 Å². The number of hydrogen-bond donors (Lipinski definition) is 2. The van der Waals surface area contributed by atoms with Crippen LogP contribution in [-0.4, -0.2) is 9.97 Å². The van der Waals surface area contributed by atoms with Gasteiger partial charge in [0.05, 0.1) is 30.1 Å². The van der Waals surface area contributed by atoms with Crippen LogP contribution in [0.3, 0.4) is 0 Å². The monoisotopic (exact) mass is 229 g/mol. The minimum atomic E-state index is -0.200. The van der Waals surface area contributed by atoms with E-state index in [9.17, 15) is 0 Å². The number of H-pyrrole nitrogens is 1. The van der Waals surface area contributed by atoms with E-state index in [2.05, 4.69) is 9.97 Å². The normalized spacial score (nSPS) is 20.2. The molecule has 3 N–H and O–H groups in total. The van der Waals surface area contributed by atoms with E-state index >= 15 is 0 Å². The summed E-state index contributed by atoms with van der Waals surface area (Å²) < 4.78 is 5.47. The number of nitrogens with one attached hydrogen (secondary N) is 1. The first-order valence-electron chi connectivity index (χ1n) is 5.76. The van der Waals surface area contributed by atoms with Crippen LogP contribution in [0.5, 0.6) is 0 Å². The number of fused-ring (bicyclic) bond motifs is 1. The van der Waals surface area contributed by atoms with Crippen LogP contribution in [0.2, 0.25) is 0 Å². The van der Waals surface area contributed by atoms with Gasteiger partial charge in [-0.15, -0.1) is 0 Å². The fourth-order valence-electron chi connectivity index (χ4n) is 2.14. The maximum atomic E-state index is 6.19. The number of aromatic amines is 1. The van der Waals surface area contributed by atoms with Gasteiger partial charge in [0.2, 0.25) is 0 Å². The minimum absolute atomic E-state index is 0.0676. The Morgan fingerprint density at radius 1 is 1.41 bits per heavy atom. The van der Waals surface area contributed by atoms with E-state index in [0.29, 0.717) is 6.61 Å². The standard InChI is InChI=1S/C13H15N3O/c1-8-12-10(7-17-8)15-13(16-12)11(14)9-5-3-2-4-6-9/h2-6,8,11H,7,14H2,1H3,(H,15,16)/t8?,11-/m1/s1. The molecule has 1 aromatic carbocycles. The first-order valence-corrected chi connectivity index (χ1v) is 5.76. The lowest BCUT2D eigenvalue weighted by atomic mass is 10.1. The van der Waals surface area contributed by atoms with Crippen molar-refractivity contribution in [2.45, 2.75) is 25.7 Å². The van der Waals surface area contributed by atoms with Crippen molar-refractivity contribution in [3.8, 4) is 0 Å². The van der Waals surface area contributed by atoms with Crippen molar-refractivity contribution < 1.29 is 4.74 Å². The molecule has 3 rings (SSSR count). The van der Waals surface area contributed by atoms with E-state index < -0.39 is 0 Å². The Hall–Kier alpha value is -1.65. The third kappa shape index (κ3) is 1.75. The van der Waals surface area contributed by atoms with Gasteiger partial charge < -0.3 is 15.5 Å². The highest BCUT2D eigenvalue weighted by atomic mass is 16.5. The zero-order valence-corrected chi connectivity index (χ0v) is 9.68. The predicted molar refractivity (Wildman–Crippen MR) is 64.3 cm³/mol. The molecule has 4 heteroatoms. The highest BCUT2D eigenvalue weighted by molar-refractivity contribution is 5.28. The summed E-state index contributed by atoms with van der Waals surface area (Å²) in [5.41, 5.74) is 9.30. The van der Waals surface area contributed by atoms with Crippen LogP contribution in [0.1, 0.15) is 41.8 Å². The Morgan fingerprint density at radius 3 is 2.88 bits per heavy atom. The van der Waals surface area contributed by atoms with E-state index in [1.54, 1.807) is 0 Å². The van der Waals surface area contributed by atoms with Crippen LogP contribution in [0.4, 0.5) is 0 Å². The zero-order valence-electron chi connectivity index (χ0n) is 9.68. The molecule has 0 aliphatic carbocycles. The fraction of sp³-hybridized carbons (Fsp3) is 0.308. The van der Waals surface area contributed by atoms with Crippen molar-refractivity contribution in [1.82, 2.24) is 9.97 Å². The van der Waals surface area contributed by atoms with Gasteiger partial charge in [0.15, 0.2) is 0 Å². The molecule has 1 aliphatic rings. The van der Waals surface area contributed by atoms with Gasteiger partial charge in [-0.2, -0.15) is 0 Å². The summed E-state index contributed by atoms with van der Waals surface area (Å²) in [5, 5.41) is 0. The number of aromatic nitrogens is 2. The van der Waals surface area contributed by atoms with Crippen molar-refractivity contribution in [3.05, 3.63) is 53.1 Å².